The minimum absolute atomic E-state index is 0.0883. The molecule has 0 bridgehead atoms. The summed E-state index contributed by atoms with van der Waals surface area (Å²) < 4.78 is 0. The Morgan fingerprint density at radius 1 is 1.40 bits per heavy atom. The highest BCUT2D eigenvalue weighted by atomic mass is 16.3. The van der Waals surface area contributed by atoms with E-state index in [4.69, 9.17) is 0 Å². The fourth-order valence-corrected chi connectivity index (χ4v) is 4.16. The van der Waals surface area contributed by atoms with Crippen LogP contribution in [0.15, 0.2) is 18.2 Å². The zero-order chi connectivity index (χ0) is 14.5. The summed E-state index contributed by atoms with van der Waals surface area (Å²) in [5, 5.41) is 24.8. The van der Waals surface area contributed by atoms with Crippen molar-refractivity contribution in [2.45, 2.75) is 50.2 Å². The first-order chi connectivity index (χ1) is 9.41. The predicted octanol–water partition coefficient (Wildman–Crippen LogP) is 1.41. The lowest BCUT2D eigenvalue weighted by Crippen LogP contribution is -2.58. The normalized spacial score (nSPS) is 37.0. The average Bonchev–Trinajstić information content (AvgIpc) is 2.64. The fourth-order valence-electron chi connectivity index (χ4n) is 4.16. The summed E-state index contributed by atoms with van der Waals surface area (Å²) >= 11 is 0. The lowest BCUT2D eigenvalue weighted by atomic mass is 9.58. The summed E-state index contributed by atoms with van der Waals surface area (Å²) in [6.07, 6.45) is 1.16. The Morgan fingerprint density at radius 2 is 2.15 bits per heavy atom. The summed E-state index contributed by atoms with van der Waals surface area (Å²) in [7, 11) is 0. The summed E-state index contributed by atoms with van der Waals surface area (Å²) in [4.78, 5) is 12.0. The molecule has 0 aromatic heterocycles. The Morgan fingerprint density at radius 3 is 2.85 bits per heavy atom. The molecule has 1 aromatic rings. The number of ketones is 1. The molecule has 4 nitrogen and oxygen atoms in total. The van der Waals surface area contributed by atoms with Crippen LogP contribution in [0.5, 0.6) is 5.75 Å². The lowest BCUT2D eigenvalue weighted by molar-refractivity contribution is -0.132. The number of phenolic OH excluding ortho intramolecular Hbond substituents is 1. The Labute approximate surface area is 118 Å². The van der Waals surface area contributed by atoms with Crippen LogP contribution < -0.4 is 5.32 Å². The van der Waals surface area contributed by atoms with Gasteiger partial charge in [-0.3, -0.25) is 4.79 Å². The van der Waals surface area contributed by atoms with Crippen molar-refractivity contribution in [2.24, 2.45) is 0 Å². The van der Waals surface area contributed by atoms with E-state index in [1.165, 1.54) is 0 Å². The number of Topliss-reactive ketones (excluding diaryl/α,β-unsaturated/α-hetero) is 1. The predicted molar refractivity (Wildman–Crippen MR) is 75.8 cm³/mol. The first-order valence-corrected chi connectivity index (χ1v) is 7.17. The molecule has 1 aliphatic carbocycles. The highest BCUT2D eigenvalue weighted by Crippen LogP contribution is 2.53. The molecule has 1 saturated heterocycles. The monoisotopic (exact) mass is 275 g/mol. The minimum atomic E-state index is -0.982. The molecule has 2 fully saturated rings. The second kappa shape index (κ2) is 4.30. The van der Waals surface area contributed by atoms with Crippen LogP contribution in [0.25, 0.3) is 0 Å². The van der Waals surface area contributed by atoms with Crippen LogP contribution in [0.3, 0.4) is 0 Å². The van der Waals surface area contributed by atoms with Crippen LogP contribution >= 0.6 is 0 Å². The van der Waals surface area contributed by atoms with Gasteiger partial charge >= 0.3 is 0 Å². The number of aryl methyl sites for hydroxylation is 1. The fraction of sp³-hybridized carbons (Fsp3) is 0.562. The molecule has 4 heteroatoms. The van der Waals surface area contributed by atoms with Crippen molar-refractivity contribution in [1.29, 1.82) is 0 Å². The number of carbonyl (C=O) groups is 1. The summed E-state index contributed by atoms with van der Waals surface area (Å²) in [6.45, 7) is 4.40. The van der Waals surface area contributed by atoms with Crippen molar-refractivity contribution in [1.82, 2.24) is 5.32 Å². The molecule has 0 amide bonds. The largest absolute Gasteiger partial charge is 0.508 e. The number of hydrogen-bond donors (Lipinski definition) is 3. The highest BCUT2D eigenvalue weighted by molar-refractivity contribution is 5.82. The molecular weight excluding hydrogens is 254 g/mol. The van der Waals surface area contributed by atoms with E-state index < -0.39 is 11.0 Å². The Kier molecular flexibility index (Phi) is 2.92. The molecule has 0 spiro atoms. The third kappa shape index (κ3) is 1.58. The number of rotatable bonds is 1. The van der Waals surface area contributed by atoms with Crippen LogP contribution in [0.2, 0.25) is 0 Å². The van der Waals surface area contributed by atoms with Gasteiger partial charge in [0.2, 0.25) is 0 Å². The lowest BCUT2D eigenvalue weighted by Gasteiger charge is -2.47. The average molecular weight is 275 g/mol. The van der Waals surface area contributed by atoms with Gasteiger partial charge in [0.25, 0.3) is 0 Å². The molecule has 2 unspecified atom stereocenters. The molecule has 1 heterocycles. The highest BCUT2D eigenvalue weighted by Gasteiger charge is 2.62. The van der Waals surface area contributed by atoms with Crippen molar-refractivity contribution < 1.29 is 15.0 Å². The number of nitrogens with one attached hydrogen (secondary N) is 1. The smallest absolute Gasteiger partial charge is 0.134 e. The van der Waals surface area contributed by atoms with E-state index in [2.05, 4.69) is 5.32 Å². The molecule has 1 aliphatic heterocycles. The van der Waals surface area contributed by atoms with E-state index in [1.54, 1.807) is 12.1 Å². The Balaban J connectivity index is 2.23. The van der Waals surface area contributed by atoms with Crippen LogP contribution in [-0.2, 0) is 10.2 Å². The van der Waals surface area contributed by atoms with Crippen molar-refractivity contribution in [3.63, 3.8) is 0 Å². The van der Waals surface area contributed by atoms with Gasteiger partial charge in [0.1, 0.15) is 11.5 Å². The molecule has 3 N–H and O–H groups in total. The third-order valence-corrected chi connectivity index (χ3v) is 5.27. The number of fused-ring (bicyclic) bond motifs is 1. The number of aromatic hydroxyl groups is 1. The molecule has 108 valence electrons. The number of hydrogen-bond acceptors (Lipinski definition) is 4. The van der Waals surface area contributed by atoms with Gasteiger partial charge in [-0.05, 0) is 31.9 Å². The topological polar surface area (TPSA) is 69.6 Å². The molecule has 1 aromatic carbocycles. The summed E-state index contributed by atoms with van der Waals surface area (Å²) in [5.41, 5.74) is -0.0387. The van der Waals surface area contributed by atoms with Crippen molar-refractivity contribution in [3.8, 4) is 5.75 Å². The van der Waals surface area contributed by atoms with Gasteiger partial charge in [-0.25, -0.2) is 0 Å². The van der Waals surface area contributed by atoms with E-state index in [0.717, 1.165) is 11.1 Å². The first kappa shape index (κ1) is 13.6. The van der Waals surface area contributed by atoms with Crippen LogP contribution in [0, 0.1) is 6.92 Å². The molecular formula is C16H21NO3. The second-order valence-electron chi connectivity index (χ2n) is 6.29. The first-order valence-electron chi connectivity index (χ1n) is 7.17. The summed E-state index contributed by atoms with van der Waals surface area (Å²) in [6, 6.07) is 5.27. The van der Waals surface area contributed by atoms with Gasteiger partial charge in [-0.1, -0.05) is 12.1 Å². The molecule has 1 saturated carbocycles. The maximum Gasteiger partial charge on any atom is 0.134 e. The van der Waals surface area contributed by atoms with E-state index in [9.17, 15) is 15.0 Å². The van der Waals surface area contributed by atoms with E-state index >= 15 is 0 Å². The maximum absolute atomic E-state index is 12.0. The van der Waals surface area contributed by atoms with Gasteiger partial charge in [0, 0.05) is 36.4 Å². The standard InChI is InChI=1S/C16H21NO3/c1-10-4-3-5-13(19)14(10)15-8-12(18)6-7-16(15,20)11(2)17-9-15/h3-5,11,17,19-20H,6-9H2,1-2H3/t11?,15?,16-/m1/s1. The van der Waals surface area contributed by atoms with Crippen molar-refractivity contribution in [2.75, 3.05) is 6.54 Å². The Hall–Kier alpha value is -1.39. The van der Waals surface area contributed by atoms with Gasteiger partial charge in [-0.15, -0.1) is 0 Å². The van der Waals surface area contributed by atoms with Crippen LogP contribution in [0.4, 0.5) is 0 Å². The molecule has 3 rings (SSSR count). The minimum Gasteiger partial charge on any atom is -0.508 e. The van der Waals surface area contributed by atoms with E-state index in [0.29, 0.717) is 25.8 Å². The second-order valence-corrected chi connectivity index (χ2v) is 6.29. The van der Waals surface area contributed by atoms with Gasteiger partial charge in [0.15, 0.2) is 0 Å². The molecule has 0 radical (unpaired) electrons. The number of carbonyl (C=O) groups excluding carboxylic acids is 1. The Bertz CT molecular complexity index is 551. The molecule has 3 atom stereocenters. The zero-order valence-corrected chi connectivity index (χ0v) is 11.9. The molecule has 2 aliphatic rings. The molecule has 20 heavy (non-hydrogen) atoms. The number of aliphatic hydroxyl groups is 1. The number of phenols is 1. The maximum atomic E-state index is 12.0. The SMILES string of the molecule is Cc1cccc(O)c1C12CNC(C)[C@]1(O)CCC(=O)C2. The van der Waals surface area contributed by atoms with Crippen molar-refractivity contribution in [3.05, 3.63) is 29.3 Å². The third-order valence-electron chi connectivity index (χ3n) is 5.27. The van der Waals surface area contributed by atoms with E-state index in [1.807, 2.05) is 19.9 Å². The van der Waals surface area contributed by atoms with Crippen molar-refractivity contribution >= 4 is 5.78 Å². The van der Waals surface area contributed by atoms with Gasteiger partial charge in [0.05, 0.1) is 5.60 Å². The van der Waals surface area contributed by atoms with Crippen LogP contribution in [0.1, 0.15) is 37.3 Å². The van der Waals surface area contributed by atoms with E-state index in [-0.39, 0.29) is 17.6 Å². The van der Waals surface area contributed by atoms with Crippen LogP contribution in [-0.4, -0.2) is 34.2 Å². The zero-order valence-electron chi connectivity index (χ0n) is 11.9. The summed E-state index contributed by atoms with van der Waals surface area (Å²) in [5.74, 6) is 0.335. The van der Waals surface area contributed by atoms with Gasteiger partial charge < -0.3 is 15.5 Å². The van der Waals surface area contributed by atoms with Gasteiger partial charge in [-0.2, -0.15) is 0 Å². The number of benzene rings is 1. The quantitative estimate of drug-likeness (QED) is 0.725.